The van der Waals surface area contributed by atoms with E-state index < -0.39 is 0 Å². The minimum Gasteiger partial charge on any atom is -0.353 e. The number of aromatic nitrogens is 1. The molecule has 1 heterocycles. The van der Waals surface area contributed by atoms with E-state index in [2.05, 4.69) is 15.2 Å². The van der Waals surface area contributed by atoms with Crippen LogP contribution in [0.5, 0.6) is 0 Å². The van der Waals surface area contributed by atoms with Gasteiger partial charge in [-0.3, -0.25) is 9.59 Å². The Labute approximate surface area is 129 Å². The quantitative estimate of drug-likeness (QED) is 0.629. The second-order valence-electron chi connectivity index (χ2n) is 5.42. The Morgan fingerprint density at radius 3 is 2.86 bits per heavy atom. The number of H-pyrrole nitrogens is 1. The van der Waals surface area contributed by atoms with E-state index in [0.717, 1.165) is 23.9 Å². The van der Waals surface area contributed by atoms with Gasteiger partial charge >= 0.3 is 0 Å². The van der Waals surface area contributed by atoms with Crippen LogP contribution in [0.25, 0.3) is 17.0 Å². The van der Waals surface area contributed by atoms with Crippen LogP contribution in [-0.4, -0.2) is 43.0 Å². The molecule has 0 saturated carbocycles. The Morgan fingerprint density at radius 2 is 2.09 bits per heavy atom. The average Bonchev–Trinajstić information content (AvgIpc) is 2.49. The summed E-state index contributed by atoms with van der Waals surface area (Å²) in [7, 11) is 3.99. The van der Waals surface area contributed by atoms with Gasteiger partial charge < -0.3 is 15.2 Å². The number of carbonyl (C=O) groups is 1. The monoisotopic (exact) mass is 299 g/mol. The molecule has 0 aliphatic carbocycles. The molecular formula is C17H21N3O2. The van der Waals surface area contributed by atoms with E-state index in [4.69, 9.17) is 0 Å². The normalized spacial score (nSPS) is 11.4. The first-order valence-electron chi connectivity index (χ1n) is 7.29. The molecule has 1 aromatic heterocycles. The number of para-hydroxylation sites is 1. The summed E-state index contributed by atoms with van der Waals surface area (Å²) in [5.41, 5.74) is 1.07. The zero-order chi connectivity index (χ0) is 15.9. The summed E-state index contributed by atoms with van der Waals surface area (Å²) in [6, 6.07) is 9.33. The lowest BCUT2D eigenvalue weighted by Crippen LogP contribution is -2.25. The van der Waals surface area contributed by atoms with Crippen LogP contribution in [-0.2, 0) is 4.79 Å². The second-order valence-corrected chi connectivity index (χ2v) is 5.42. The first-order chi connectivity index (χ1) is 10.6. The van der Waals surface area contributed by atoms with Crippen LogP contribution in [0.15, 0.2) is 41.2 Å². The zero-order valence-electron chi connectivity index (χ0n) is 12.9. The lowest BCUT2D eigenvalue weighted by Gasteiger charge is -2.08. The number of hydrogen-bond donors (Lipinski definition) is 2. The van der Waals surface area contributed by atoms with Crippen molar-refractivity contribution in [2.75, 3.05) is 27.2 Å². The molecule has 5 heteroatoms. The van der Waals surface area contributed by atoms with Gasteiger partial charge in [-0.25, -0.2) is 0 Å². The smallest absolute Gasteiger partial charge is 0.255 e. The number of fused-ring (bicyclic) bond motifs is 1. The molecule has 5 nitrogen and oxygen atoms in total. The van der Waals surface area contributed by atoms with E-state index in [-0.39, 0.29) is 11.5 Å². The molecule has 2 N–H and O–H groups in total. The van der Waals surface area contributed by atoms with Gasteiger partial charge in [-0.15, -0.1) is 0 Å². The molecule has 0 fully saturated rings. The molecule has 0 atom stereocenters. The fourth-order valence-corrected chi connectivity index (χ4v) is 2.12. The minimum atomic E-state index is -0.199. The Bertz CT molecular complexity index is 732. The van der Waals surface area contributed by atoms with Gasteiger partial charge in [-0.1, -0.05) is 18.2 Å². The largest absolute Gasteiger partial charge is 0.353 e. The van der Waals surface area contributed by atoms with Gasteiger partial charge in [0.1, 0.15) is 0 Å². The van der Waals surface area contributed by atoms with Gasteiger partial charge in [0, 0.05) is 23.7 Å². The summed E-state index contributed by atoms with van der Waals surface area (Å²) in [6.45, 7) is 1.55. The molecule has 1 amide bonds. The fraction of sp³-hybridized carbons (Fsp3) is 0.294. The van der Waals surface area contributed by atoms with E-state index >= 15 is 0 Å². The van der Waals surface area contributed by atoms with E-state index in [1.165, 1.54) is 6.08 Å². The highest BCUT2D eigenvalue weighted by molar-refractivity contribution is 5.92. The number of carbonyl (C=O) groups excluding carboxylic acids is 1. The van der Waals surface area contributed by atoms with Crippen molar-refractivity contribution in [1.82, 2.24) is 15.2 Å². The van der Waals surface area contributed by atoms with E-state index in [1.807, 2.05) is 38.4 Å². The topological polar surface area (TPSA) is 65.2 Å². The molecule has 0 unspecified atom stereocenters. The molecule has 0 radical (unpaired) electrons. The molecule has 22 heavy (non-hydrogen) atoms. The summed E-state index contributed by atoms with van der Waals surface area (Å²) in [6.07, 6.45) is 3.84. The number of aromatic amines is 1. The molecule has 0 saturated heterocycles. The highest BCUT2D eigenvalue weighted by atomic mass is 16.1. The van der Waals surface area contributed by atoms with Crippen LogP contribution < -0.4 is 10.9 Å². The third-order valence-electron chi connectivity index (χ3n) is 3.28. The molecule has 0 bridgehead atoms. The van der Waals surface area contributed by atoms with Crippen molar-refractivity contribution < 1.29 is 4.79 Å². The number of hydrogen-bond acceptors (Lipinski definition) is 3. The molecule has 0 aliphatic rings. The summed E-state index contributed by atoms with van der Waals surface area (Å²) >= 11 is 0. The maximum absolute atomic E-state index is 11.9. The number of rotatable bonds is 6. The molecular weight excluding hydrogens is 278 g/mol. The molecule has 0 aliphatic heterocycles. The number of nitrogens with zero attached hydrogens (tertiary/aromatic N) is 1. The second kappa shape index (κ2) is 7.56. The molecule has 2 rings (SSSR count). The van der Waals surface area contributed by atoms with Crippen molar-refractivity contribution in [3.8, 4) is 0 Å². The number of nitrogens with one attached hydrogen (secondary N) is 2. The van der Waals surface area contributed by atoms with E-state index in [9.17, 15) is 9.59 Å². The predicted molar refractivity (Wildman–Crippen MR) is 89.8 cm³/mol. The Balaban J connectivity index is 1.99. The SMILES string of the molecule is CN(C)CCCNC(=O)/C=C/c1cc2ccccc2[nH]c1=O. The summed E-state index contributed by atoms with van der Waals surface area (Å²) in [5.74, 6) is -0.189. The first kappa shape index (κ1) is 16.0. The maximum Gasteiger partial charge on any atom is 0.255 e. The van der Waals surface area contributed by atoms with Crippen molar-refractivity contribution in [2.24, 2.45) is 0 Å². The standard InChI is InChI=1S/C17H21N3O2/c1-20(2)11-5-10-18-16(21)9-8-14-12-13-6-3-4-7-15(13)19-17(14)22/h3-4,6-9,12H,5,10-11H2,1-2H3,(H,18,21)(H,19,22)/b9-8+. The molecule has 0 spiro atoms. The Morgan fingerprint density at radius 1 is 1.32 bits per heavy atom. The van der Waals surface area contributed by atoms with Crippen molar-refractivity contribution in [3.63, 3.8) is 0 Å². The first-order valence-corrected chi connectivity index (χ1v) is 7.29. The van der Waals surface area contributed by atoms with E-state index in [1.54, 1.807) is 12.1 Å². The summed E-state index contributed by atoms with van der Waals surface area (Å²) in [4.78, 5) is 28.5. The Hall–Kier alpha value is -2.40. The molecule has 2 aromatic rings. The van der Waals surface area contributed by atoms with Crippen molar-refractivity contribution in [3.05, 3.63) is 52.3 Å². The lowest BCUT2D eigenvalue weighted by molar-refractivity contribution is -0.116. The third-order valence-corrected chi connectivity index (χ3v) is 3.28. The van der Waals surface area contributed by atoms with Crippen LogP contribution in [0.1, 0.15) is 12.0 Å². The van der Waals surface area contributed by atoms with Gasteiger partial charge in [0.15, 0.2) is 0 Å². The third kappa shape index (κ3) is 4.56. The van der Waals surface area contributed by atoms with Gasteiger partial charge in [-0.05, 0) is 50.7 Å². The molecule has 116 valence electrons. The van der Waals surface area contributed by atoms with Crippen LogP contribution in [0.2, 0.25) is 0 Å². The van der Waals surface area contributed by atoms with Gasteiger partial charge in [0.25, 0.3) is 5.56 Å². The highest BCUT2D eigenvalue weighted by Crippen LogP contribution is 2.10. The maximum atomic E-state index is 11.9. The number of amides is 1. The highest BCUT2D eigenvalue weighted by Gasteiger charge is 2.01. The predicted octanol–water partition coefficient (Wildman–Crippen LogP) is 1.61. The van der Waals surface area contributed by atoms with Crippen molar-refractivity contribution >= 4 is 22.9 Å². The Kier molecular flexibility index (Phi) is 5.49. The van der Waals surface area contributed by atoms with Crippen LogP contribution in [0.3, 0.4) is 0 Å². The molecule has 1 aromatic carbocycles. The van der Waals surface area contributed by atoms with Crippen molar-refractivity contribution in [1.29, 1.82) is 0 Å². The number of benzene rings is 1. The summed E-state index contributed by atoms with van der Waals surface area (Å²) in [5, 5.41) is 3.74. The zero-order valence-corrected chi connectivity index (χ0v) is 12.9. The van der Waals surface area contributed by atoms with Gasteiger partial charge in [0.2, 0.25) is 5.91 Å². The van der Waals surface area contributed by atoms with Gasteiger partial charge in [-0.2, -0.15) is 0 Å². The van der Waals surface area contributed by atoms with Crippen LogP contribution in [0, 0.1) is 0 Å². The summed E-state index contributed by atoms with van der Waals surface area (Å²) < 4.78 is 0. The lowest BCUT2D eigenvalue weighted by atomic mass is 10.1. The van der Waals surface area contributed by atoms with Crippen molar-refractivity contribution in [2.45, 2.75) is 6.42 Å². The fourth-order valence-electron chi connectivity index (χ4n) is 2.12. The number of pyridine rings is 1. The van der Waals surface area contributed by atoms with E-state index in [0.29, 0.717) is 12.1 Å². The average molecular weight is 299 g/mol. The minimum absolute atomic E-state index is 0.189. The van der Waals surface area contributed by atoms with Gasteiger partial charge in [0.05, 0.1) is 0 Å². The van der Waals surface area contributed by atoms with Crippen LogP contribution in [0.4, 0.5) is 0 Å². The van der Waals surface area contributed by atoms with Crippen LogP contribution >= 0.6 is 0 Å².